The summed E-state index contributed by atoms with van der Waals surface area (Å²) in [6, 6.07) is 12.7. The van der Waals surface area contributed by atoms with E-state index in [2.05, 4.69) is 0 Å². The van der Waals surface area contributed by atoms with Gasteiger partial charge in [0.05, 0.1) is 11.3 Å². The fourth-order valence-electron chi connectivity index (χ4n) is 3.33. The number of anilines is 1. The number of hydrogen-bond acceptors (Lipinski definition) is 3. The summed E-state index contributed by atoms with van der Waals surface area (Å²) in [5.41, 5.74) is 2.45. The minimum absolute atomic E-state index is 0.0428. The average molecular weight is 322 g/mol. The first kappa shape index (κ1) is 14.4. The van der Waals surface area contributed by atoms with Crippen molar-refractivity contribution in [2.24, 2.45) is 0 Å². The van der Waals surface area contributed by atoms with E-state index < -0.39 is 18.0 Å². The molecule has 0 aliphatic carbocycles. The standard InChI is InChI=1S/C18H14N2O4/c21-16-15-9-11-4-1-2-5-13(11)10-19(15)18(24)20(16)14-7-3-6-12(8-14)17(22)23/h1-8,15H,9-10H2,(H,22,23). The van der Waals surface area contributed by atoms with Crippen LogP contribution in [0.2, 0.25) is 0 Å². The molecule has 2 heterocycles. The van der Waals surface area contributed by atoms with E-state index in [0.717, 1.165) is 16.0 Å². The zero-order valence-corrected chi connectivity index (χ0v) is 12.7. The molecule has 2 aliphatic rings. The molecule has 2 aliphatic heterocycles. The Morgan fingerprint density at radius 2 is 1.79 bits per heavy atom. The third-order valence-electron chi connectivity index (χ3n) is 4.54. The van der Waals surface area contributed by atoms with E-state index in [-0.39, 0.29) is 11.5 Å². The second kappa shape index (κ2) is 5.19. The van der Waals surface area contributed by atoms with Gasteiger partial charge in [0, 0.05) is 13.0 Å². The number of carbonyl (C=O) groups excluding carboxylic acids is 2. The van der Waals surface area contributed by atoms with Crippen molar-refractivity contribution in [2.75, 3.05) is 4.90 Å². The van der Waals surface area contributed by atoms with Crippen LogP contribution in [0.5, 0.6) is 0 Å². The lowest BCUT2D eigenvalue weighted by Crippen LogP contribution is -2.39. The third-order valence-corrected chi connectivity index (χ3v) is 4.54. The molecule has 1 saturated heterocycles. The number of nitrogens with zero attached hydrogens (tertiary/aromatic N) is 2. The van der Waals surface area contributed by atoms with Gasteiger partial charge in [0.2, 0.25) is 0 Å². The molecule has 0 saturated carbocycles. The maximum Gasteiger partial charge on any atom is 0.335 e. The molecule has 6 heteroatoms. The Morgan fingerprint density at radius 3 is 2.54 bits per heavy atom. The maximum absolute atomic E-state index is 12.8. The zero-order chi connectivity index (χ0) is 16.8. The second-order valence-corrected chi connectivity index (χ2v) is 5.93. The van der Waals surface area contributed by atoms with E-state index in [0.29, 0.717) is 18.7 Å². The molecule has 0 bridgehead atoms. The van der Waals surface area contributed by atoms with Crippen LogP contribution in [0.4, 0.5) is 10.5 Å². The molecule has 1 N–H and O–H groups in total. The van der Waals surface area contributed by atoms with Crippen molar-refractivity contribution in [3.63, 3.8) is 0 Å². The number of urea groups is 1. The SMILES string of the molecule is O=C(O)c1cccc(N2C(=O)C3Cc4ccccc4CN3C2=O)c1. The van der Waals surface area contributed by atoms with E-state index >= 15 is 0 Å². The van der Waals surface area contributed by atoms with E-state index in [1.807, 2.05) is 24.3 Å². The number of carboxylic acid groups (broad SMARTS) is 1. The molecule has 2 aromatic rings. The highest BCUT2D eigenvalue weighted by atomic mass is 16.4. The Kier molecular flexibility index (Phi) is 3.13. The van der Waals surface area contributed by atoms with Crippen molar-refractivity contribution in [1.82, 2.24) is 4.90 Å². The minimum atomic E-state index is -1.10. The molecule has 1 atom stereocenters. The number of carbonyl (C=O) groups is 3. The first-order valence-electron chi connectivity index (χ1n) is 7.61. The lowest BCUT2D eigenvalue weighted by Gasteiger charge is -2.28. The summed E-state index contributed by atoms with van der Waals surface area (Å²) in [6.07, 6.45) is 0.482. The quantitative estimate of drug-likeness (QED) is 0.861. The predicted octanol–water partition coefficient (Wildman–Crippen LogP) is 2.28. The van der Waals surface area contributed by atoms with Gasteiger partial charge in [-0.1, -0.05) is 30.3 Å². The highest BCUT2D eigenvalue weighted by Gasteiger charge is 2.47. The summed E-state index contributed by atoms with van der Waals surface area (Å²) in [6.45, 7) is 0.389. The molecule has 0 spiro atoms. The number of rotatable bonds is 2. The van der Waals surface area contributed by atoms with Crippen molar-refractivity contribution in [3.8, 4) is 0 Å². The maximum atomic E-state index is 12.8. The number of benzene rings is 2. The van der Waals surface area contributed by atoms with Crippen LogP contribution in [0.25, 0.3) is 0 Å². The number of amides is 3. The molecular formula is C18H14N2O4. The smallest absolute Gasteiger partial charge is 0.335 e. The summed E-state index contributed by atoms with van der Waals surface area (Å²) in [5, 5.41) is 9.11. The van der Waals surface area contributed by atoms with Gasteiger partial charge in [-0.15, -0.1) is 0 Å². The molecule has 4 rings (SSSR count). The van der Waals surface area contributed by atoms with E-state index in [1.54, 1.807) is 11.0 Å². The van der Waals surface area contributed by atoms with Gasteiger partial charge in [-0.2, -0.15) is 0 Å². The van der Waals surface area contributed by atoms with Crippen LogP contribution in [0.15, 0.2) is 48.5 Å². The van der Waals surface area contributed by atoms with Crippen molar-refractivity contribution in [3.05, 3.63) is 65.2 Å². The Bertz CT molecular complexity index is 834. The Morgan fingerprint density at radius 1 is 1.04 bits per heavy atom. The normalized spacial score (nSPS) is 19.2. The summed E-state index contributed by atoms with van der Waals surface area (Å²) in [5.74, 6) is -1.40. The Labute approximate surface area is 137 Å². The predicted molar refractivity (Wildman–Crippen MR) is 85.8 cm³/mol. The van der Waals surface area contributed by atoms with Crippen molar-refractivity contribution < 1.29 is 19.5 Å². The number of imide groups is 1. The minimum Gasteiger partial charge on any atom is -0.478 e. The van der Waals surface area contributed by atoms with Gasteiger partial charge >= 0.3 is 12.0 Å². The lowest BCUT2D eigenvalue weighted by molar-refractivity contribution is -0.120. The second-order valence-electron chi connectivity index (χ2n) is 5.93. The first-order valence-corrected chi connectivity index (χ1v) is 7.61. The highest BCUT2D eigenvalue weighted by Crippen LogP contribution is 2.33. The molecule has 2 aromatic carbocycles. The zero-order valence-electron chi connectivity index (χ0n) is 12.7. The molecule has 1 fully saturated rings. The van der Waals surface area contributed by atoms with Crippen LogP contribution >= 0.6 is 0 Å². The van der Waals surface area contributed by atoms with E-state index in [4.69, 9.17) is 5.11 Å². The number of carboxylic acids is 1. The molecule has 6 nitrogen and oxygen atoms in total. The topological polar surface area (TPSA) is 77.9 Å². The van der Waals surface area contributed by atoms with Gasteiger partial charge in [0.25, 0.3) is 5.91 Å². The first-order chi connectivity index (χ1) is 11.6. The largest absolute Gasteiger partial charge is 0.478 e. The highest BCUT2D eigenvalue weighted by molar-refractivity contribution is 6.21. The molecule has 0 aromatic heterocycles. The van der Waals surface area contributed by atoms with Crippen molar-refractivity contribution >= 4 is 23.6 Å². The lowest BCUT2D eigenvalue weighted by atomic mass is 9.95. The Hall–Kier alpha value is -3.15. The fourth-order valence-corrected chi connectivity index (χ4v) is 3.33. The number of fused-ring (bicyclic) bond motifs is 2. The monoisotopic (exact) mass is 322 g/mol. The van der Waals surface area contributed by atoms with E-state index in [9.17, 15) is 14.4 Å². The van der Waals surface area contributed by atoms with Crippen LogP contribution in [-0.2, 0) is 17.8 Å². The third kappa shape index (κ3) is 2.07. The fraction of sp³-hybridized carbons (Fsp3) is 0.167. The van der Waals surface area contributed by atoms with Gasteiger partial charge in [-0.3, -0.25) is 4.79 Å². The number of hydrogen-bond donors (Lipinski definition) is 1. The van der Waals surface area contributed by atoms with Gasteiger partial charge in [-0.05, 0) is 29.3 Å². The van der Waals surface area contributed by atoms with Crippen LogP contribution in [0, 0.1) is 0 Å². The molecule has 3 amide bonds. The van der Waals surface area contributed by atoms with Crippen molar-refractivity contribution in [2.45, 2.75) is 19.0 Å². The van der Waals surface area contributed by atoms with Crippen LogP contribution < -0.4 is 4.90 Å². The molecule has 120 valence electrons. The summed E-state index contributed by atoms with van der Waals surface area (Å²) in [4.78, 5) is 39.3. The van der Waals surface area contributed by atoms with Crippen molar-refractivity contribution in [1.29, 1.82) is 0 Å². The van der Waals surface area contributed by atoms with Gasteiger partial charge in [-0.25, -0.2) is 14.5 Å². The van der Waals surface area contributed by atoms with Gasteiger partial charge < -0.3 is 10.0 Å². The molecule has 0 radical (unpaired) electrons. The average Bonchev–Trinajstić information content (AvgIpc) is 2.84. The summed E-state index contributed by atoms with van der Waals surface area (Å²) >= 11 is 0. The van der Waals surface area contributed by atoms with Gasteiger partial charge in [0.15, 0.2) is 0 Å². The molecular weight excluding hydrogens is 308 g/mol. The summed E-state index contributed by atoms with van der Waals surface area (Å²) in [7, 11) is 0. The van der Waals surface area contributed by atoms with E-state index in [1.165, 1.54) is 18.2 Å². The Balaban J connectivity index is 1.71. The molecule has 1 unspecified atom stereocenters. The van der Waals surface area contributed by atoms with Gasteiger partial charge in [0.1, 0.15) is 6.04 Å². The van der Waals surface area contributed by atoms with Crippen LogP contribution in [0.1, 0.15) is 21.5 Å². The number of aromatic carboxylic acids is 1. The van der Waals surface area contributed by atoms with Crippen LogP contribution in [-0.4, -0.2) is 34.0 Å². The van der Waals surface area contributed by atoms with Crippen LogP contribution in [0.3, 0.4) is 0 Å². The summed E-state index contributed by atoms with van der Waals surface area (Å²) < 4.78 is 0. The molecule has 24 heavy (non-hydrogen) atoms.